The number of amides is 5. The highest BCUT2D eigenvalue weighted by Gasteiger charge is 2.37. The first-order valence-corrected chi connectivity index (χ1v) is 16.4. The molecule has 0 radical (unpaired) electrons. The summed E-state index contributed by atoms with van der Waals surface area (Å²) < 4.78 is 0. The minimum Gasteiger partial charge on any atom is -0.481 e. The van der Waals surface area contributed by atoms with Gasteiger partial charge in [0, 0.05) is 37.1 Å². The number of hydrogen-bond donors (Lipinski definition) is 4. The number of carboxylic acid groups (broad SMARTS) is 1. The average molecular weight is 590 g/mol. The van der Waals surface area contributed by atoms with Crippen molar-refractivity contribution >= 4 is 29.7 Å². The number of aliphatic carboxylic acids is 1. The van der Waals surface area contributed by atoms with Gasteiger partial charge in [0.15, 0.2) is 0 Å². The third-order valence-electron chi connectivity index (χ3n) is 9.90. The smallest absolute Gasteiger partial charge is 0.315 e. The van der Waals surface area contributed by atoms with Crippen molar-refractivity contribution in [2.75, 3.05) is 19.6 Å². The largest absolute Gasteiger partial charge is 0.481 e. The Bertz CT molecular complexity index is 961. The lowest BCUT2D eigenvalue weighted by atomic mass is 9.86. The Kier molecular flexibility index (Phi) is 11.9. The van der Waals surface area contributed by atoms with Gasteiger partial charge in [0.25, 0.3) is 0 Å². The fourth-order valence-corrected chi connectivity index (χ4v) is 7.30. The molecule has 3 saturated carbocycles. The lowest BCUT2D eigenvalue weighted by molar-refractivity contribution is -0.147. The number of hydrogen-bond acceptors (Lipinski definition) is 5. The summed E-state index contributed by atoms with van der Waals surface area (Å²) in [5.41, 5.74) is 0. The highest BCUT2D eigenvalue weighted by molar-refractivity contribution is 5.91. The number of carbonyl (C=O) groups is 5. The predicted octanol–water partition coefficient (Wildman–Crippen LogP) is 3.17. The van der Waals surface area contributed by atoms with Crippen molar-refractivity contribution in [3.05, 3.63) is 0 Å². The SMILES string of the molecule is CC1CCCCC1NC(=O)NC1CCC(NC(=O)[C@@H]2CCCN2C(=O)CN(CCC(=O)O)C(=O)C2CCCCC2)CC1. The van der Waals surface area contributed by atoms with Crippen molar-refractivity contribution in [2.24, 2.45) is 11.8 Å². The molecule has 42 heavy (non-hydrogen) atoms. The number of nitrogens with zero attached hydrogens (tertiary/aromatic N) is 2. The summed E-state index contributed by atoms with van der Waals surface area (Å²) in [7, 11) is 0. The summed E-state index contributed by atoms with van der Waals surface area (Å²) in [4.78, 5) is 66.6. The molecule has 0 aromatic heterocycles. The number of rotatable bonds is 10. The molecular formula is C31H51N5O6. The fraction of sp³-hybridized carbons (Fsp3) is 0.839. The quantitative estimate of drug-likeness (QED) is 0.308. The summed E-state index contributed by atoms with van der Waals surface area (Å²) in [5, 5.41) is 18.6. The Morgan fingerprint density at radius 2 is 1.40 bits per heavy atom. The van der Waals surface area contributed by atoms with Crippen LogP contribution in [0.2, 0.25) is 0 Å². The maximum absolute atomic E-state index is 13.4. The molecule has 1 aliphatic heterocycles. The number of urea groups is 1. The van der Waals surface area contributed by atoms with E-state index >= 15 is 0 Å². The molecule has 11 nitrogen and oxygen atoms in total. The first-order valence-electron chi connectivity index (χ1n) is 16.4. The zero-order valence-corrected chi connectivity index (χ0v) is 25.3. The highest BCUT2D eigenvalue weighted by atomic mass is 16.4. The van der Waals surface area contributed by atoms with Crippen molar-refractivity contribution in [1.82, 2.24) is 25.8 Å². The van der Waals surface area contributed by atoms with Crippen LogP contribution in [0.1, 0.15) is 110 Å². The van der Waals surface area contributed by atoms with Crippen LogP contribution in [0, 0.1) is 11.8 Å². The van der Waals surface area contributed by atoms with E-state index in [4.69, 9.17) is 0 Å². The molecule has 11 heteroatoms. The van der Waals surface area contributed by atoms with E-state index in [2.05, 4.69) is 22.9 Å². The van der Waals surface area contributed by atoms with E-state index < -0.39 is 12.0 Å². The van der Waals surface area contributed by atoms with Gasteiger partial charge >= 0.3 is 12.0 Å². The normalized spacial score (nSPS) is 28.5. The Morgan fingerprint density at radius 3 is 2.07 bits per heavy atom. The Balaban J connectivity index is 1.23. The molecule has 0 spiro atoms. The molecule has 5 amide bonds. The van der Waals surface area contributed by atoms with Crippen LogP contribution >= 0.6 is 0 Å². The standard InChI is InChI=1S/C31H51N5O6/c1-21-8-5-6-11-25(21)34-31(42)33-24-15-13-23(14-16-24)32-29(40)26-12-7-18-36(26)27(37)20-35(19-17-28(38)39)30(41)22-9-3-2-4-10-22/h21-26H,2-20H2,1H3,(H,32,40)(H,38,39)(H2,33,34,42)/t21?,23?,24?,25?,26-/m0/s1. The number of nitrogens with one attached hydrogen (secondary N) is 3. The van der Waals surface area contributed by atoms with Crippen LogP contribution in [0.25, 0.3) is 0 Å². The molecule has 2 unspecified atom stereocenters. The first kappa shape index (κ1) is 32.1. The molecule has 4 aliphatic rings. The highest BCUT2D eigenvalue weighted by Crippen LogP contribution is 2.27. The van der Waals surface area contributed by atoms with Gasteiger partial charge in [-0.05, 0) is 70.1 Å². The number of likely N-dealkylation sites (tertiary alicyclic amines) is 1. The Hall–Kier alpha value is -2.85. The van der Waals surface area contributed by atoms with E-state index in [9.17, 15) is 29.1 Å². The van der Waals surface area contributed by atoms with Gasteiger partial charge in [-0.2, -0.15) is 0 Å². The third kappa shape index (κ3) is 9.07. The van der Waals surface area contributed by atoms with Gasteiger partial charge in [0.1, 0.15) is 6.04 Å². The second-order valence-corrected chi connectivity index (χ2v) is 13.0. The zero-order chi connectivity index (χ0) is 30.1. The minimum atomic E-state index is -1.01. The molecule has 3 aliphatic carbocycles. The molecule has 236 valence electrons. The Morgan fingerprint density at radius 1 is 0.762 bits per heavy atom. The molecule has 4 fully saturated rings. The van der Waals surface area contributed by atoms with Gasteiger partial charge in [-0.15, -0.1) is 0 Å². The van der Waals surface area contributed by atoms with Gasteiger partial charge in [-0.1, -0.05) is 39.0 Å². The molecule has 4 rings (SSSR count). The van der Waals surface area contributed by atoms with Crippen molar-refractivity contribution < 1.29 is 29.1 Å². The van der Waals surface area contributed by atoms with E-state index in [0.717, 1.165) is 77.0 Å². The van der Waals surface area contributed by atoms with E-state index in [1.165, 1.54) is 11.3 Å². The zero-order valence-electron chi connectivity index (χ0n) is 25.3. The van der Waals surface area contributed by atoms with E-state index in [0.29, 0.717) is 25.3 Å². The van der Waals surface area contributed by atoms with Crippen molar-refractivity contribution in [3.8, 4) is 0 Å². The monoisotopic (exact) mass is 589 g/mol. The van der Waals surface area contributed by atoms with Gasteiger partial charge in [0.2, 0.25) is 17.7 Å². The van der Waals surface area contributed by atoms with Crippen molar-refractivity contribution in [3.63, 3.8) is 0 Å². The summed E-state index contributed by atoms with van der Waals surface area (Å²) in [6.45, 7) is 2.46. The lowest BCUT2D eigenvalue weighted by Gasteiger charge is -2.34. The van der Waals surface area contributed by atoms with Gasteiger partial charge in [0.05, 0.1) is 13.0 Å². The summed E-state index contributed by atoms with van der Waals surface area (Å²) >= 11 is 0. The second kappa shape index (κ2) is 15.6. The van der Waals surface area contributed by atoms with E-state index in [1.54, 1.807) is 4.90 Å². The molecule has 1 saturated heterocycles. The van der Waals surface area contributed by atoms with Gasteiger partial charge < -0.3 is 30.9 Å². The summed E-state index contributed by atoms with van der Waals surface area (Å²) in [5.74, 6) is -1.28. The van der Waals surface area contributed by atoms with Crippen LogP contribution in [0.3, 0.4) is 0 Å². The maximum atomic E-state index is 13.4. The van der Waals surface area contributed by atoms with Crippen LogP contribution in [-0.2, 0) is 19.2 Å². The predicted molar refractivity (Wildman–Crippen MR) is 157 cm³/mol. The van der Waals surface area contributed by atoms with E-state index in [-0.39, 0.29) is 67.3 Å². The molecule has 0 bridgehead atoms. The molecule has 3 atom stereocenters. The molecule has 1 heterocycles. The van der Waals surface area contributed by atoms with Crippen molar-refractivity contribution in [1.29, 1.82) is 0 Å². The average Bonchev–Trinajstić information content (AvgIpc) is 3.48. The first-order chi connectivity index (χ1) is 20.2. The van der Waals surface area contributed by atoms with Crippen LogP contribution in [0.4, 0.5) is 4.79 Å². The molecular weight excluding hydrogens is 538 g/mol. The lowest BCUT2D eigenvalue weighted by Crippen LogP contribution is -2.53. The number of carboxylic acids is 1. The van der Waals surface area contributed by atoms with Gasteiger partial charge in [-0.25, -0.2) is 4.79 Å². The molecule has 4 N–H and O–H groups in total. The number of carbonyl (C=O) groups excluding carboxylic acids is 4. The fourth-order valence-electron chi connectivity index (χ4n) is 7.30. The molecule has 0 aromatic carbocycles. The van der Waals surface area contributed by atoms with Crippen molar-refractivity contribution in [2.45, 2.75) is 134 Å². The minimum absolute atomic E-state index is 0.00388. The molecule has 0 aromatic rings. The van der Waals surface area contributed by atoms with Crippen LogP contribution in [0.5, 0.6) is 0 Å². The van der Waals surface area contributed by atoms with Crippen LogP contribution < -0.4 is 16.0 Å². The summed E-state index contributed by atoms with van der Waals surface area (Å²) in [6, 6.07) is -0.362. The summed E-state index contributed by atoms with van der Waals surface area (Å²) in [6.07, 6.45) is 13.3. The Labute approximate surface area is 249 Å². The van der Waals surface area contributed by atoms with Gasteiger partial charge in [-0.3, -0.25) is 19.2 Å². The van der Waals surface area contributed by atoms with Crippen LogP contribution in [-0.4, -0.2) is 88.4 Å². The topological polar surface area (TPSA) is 148 Å². The maximum Gasteiger partial charge on any atom is 0.315 e. The van der Waals surface area contributed by atoms with E-state index in [1.807, 2.05) is 0 Å². The second-order valence-electron chi connectivity index (χ2n) is 13.0. The van der Waals surface area contributed by atoms with Crippen LogP contribution in [0.15, 0.2) is 0 Å². The third-order valence-corrected chi connectivity index (χ3v) is 9.90.